The minimum Gasteiger partial charge on any atom is -0.328 e. The fraction of sp³-hybridized carbons (Fsp3) is 0.200. The third-order valence-electron chi connectivity index (χ3n) is 2.74. The zero-order chi connectivity index (χ0) is 14.5. The van der Waals surface area contributed by atoms with Crippen molar-refractivity contribution in [3.05, 3.63) is 58.0 Å². The molecule has 0 bridgehead atoms. The number of hydrogen-bond donors (Lipinski definition) is 2. The van der Waals surface area contributed by atoms with Crippen LogP contribution in [0.15, 0.2) is 46.2 Å². The second-order valence-corrected chi connectivity index (χ2v) is 5.63. The van der Waals surface area contributed by atoms with E-state index in [1.807, 2.05) is 38.1 Å². The van der Waals surface area contributed by atoms with Crippen LogP contribution >= 0.6 is 11.8 Å². The number of rotatable bonds is 4. The van der Waals surface area contributed by atoms with E-state index in [1.165, 1.54) is 24.0 Å². The summed E-state index contributed by atoms with van der Waals surface area (Å²) in [5, 5.41) is 2.83. The van der Waals surface area contributed by atoms with Crippen molar-refractivity contribution in [2.24, 2.45) is 0 Å². The van der Waals surface area contributed by atoms with Crippen LogP contribution in [0.1, 0.15) is 22.8 Å². The Morgan fingerprint density at radius 3 is 2.65 bits per heavy atom. The number of aryl methyl sites for hydroxylation is 1. The summed E-state index contributed by atoms with van der Waals surface area (Å²) in [5.74, 6) is 0.579. The standard InChI is InChI=1S/C15H16N2O2S/c1-3-20-13-8-14(18)16-9-12(13)15(19)17-11-6-4-10(2)5-7-11/h4-9H,3H2,1-2H3,(H,16,18)(H,17,19). The Kier molecular flexibility index (Phi) is 4.63. The Labute approximate surface area is 121 Å². The van der Waals surface area contributed by atoms with E-state index in [-0.39, 0.29) is 11.5 Å². The summed E-state index contributed by atoms with van der Waals surface area (Å²) < 4.78 is 0. The molecule has 0 atom stereocenters. The topological polar surface area (TPSA) is 62.0 Å². The van der Waals surface area contributed by atoms with Crippen LogP contribution in [0, 0.1) is 6.92 Å². The Balaban J connectivity index is 2.24. The Hall–Kier alpha value is -2.01. The number of aromatic amines is 1. The van der Waals surface area contributed by atoms with E-state index in [9.17, 15) is 9.59 Å². The predicted molar refractivity (Wildman–Crippen MR) is 82.6 cm³/mol. The summed E-state index contributed by atoms with van der Waals surface area (Å²) in [6, 6.07) is 9.03. The van der Waals surface area contributed by atoms with Crippen molar-refractivity contribution in [2.75, 3.05) is 11.1 Å². The fourth-order valence-corrected chi connectivity index (χ4v) is 2.55. The summed E-state index contributed by atoms with van der Waals surface area (Å²) in [4.78, 5) is 26.8. The van der Waals surface area contributed by atoms with Crippen molar-refractivity contribution in [3.8, 4) is 0 Å². The second kappa shape index (κ2) is 6.43. The first-order valence-electron chi connectivity index (χ1n) is 6.33. The van der Waals surface area contributed by atoms with Gasteiger partial charge >= 0.3 is 0 Å². The van der Waals surface area contributed by atoms with E-state index in [2.05, 4.69) is 10.3 Å². The van der Waals surface area contributed by atoms with Crippen LogP contribution < -0.4 is 10.9 Å². The van der Waals surface area contributed by atoms with Crippen LogP contribution in [0.3, 0.4) is 0 Å². The number of benzene rings is 1. The monoisotopic (exact) mass is 288 g/mol. The fourth-order valence-electron chi connectivity index (χ4n) is 1.74. The number of amides is 1. The van der Waals surface area contributed by atoms with Crippen molar-refractivity contribution in [1.82, 2.24) is 4.98 Å². The van der Waals surface area contributed by atoms with Gasteiger partial charge < -0.3 is 10.3 Å². The molecular weight excluding hydrogens is 272 g/mol. The first-order chi connectivity index (χ1) is 9.60. The molecule has 0 radical (unpaired) electrons. The summed E-state index contributed by atoms with van der Waals surface area (Å²) in [6.45, 7) is 3.97. The third kappa shape index (κ3) is 3.51. The highest BCUT2D eigenvalue weighted by Crippen LogP contribution is 2.21. The largest absolute Gasteiger partial charge is 0.328 e. The molecule has 2 aromatic rings. The minimum atomic E-state index is -0.221. The molecule has 2 N–H and O–H groups in total. The molecule has 0 fully saturated rings. The van der Waals surface area contributed by atoms with Crippen LogP contribution in [0.4, 0.5) is 5.69 Å². The molecule has 0 unspecified atom stereocenters. The van der Waals surface area contributed by atoms with Crippen molar-refractivity contribution >= 4 is 23.4 Å². The number of carbonyl (C=O) groups is 1. The van der Waals surface area contributed by atoms with Gasteiger partial charge in [-0.3, -0.25) is 9.59 Å². The number of anilines is 1. The molecule has 20 heavy (non-hydrogen) atoms. The second-order valence-electron chi connectivity index (χ2n) is 4.33. The van der Waals surface area contributed by atoms with Gasteiger partial charge in [-0.05, 0) is 24.8 Å². The number of hydrogen-bond acceptors (Lipinski definition) is 3. The number of H-pyrrole nitrogens is 1. The van der Waals surface area contributed by atoms with Gasteiger partial charge in [-0.1, -0.05) is 24.6 Å². The average molecular weight is 288 g/mol. The quantitative estimate of drug-likeness (QED) is 0.850. The van der Waals surface area contributed by atoms with Crippen molar-refractivity contribution < 1.29 is 4.79 Å². The molecule has 1 aromatic heterocycles. The highest BCUT2D eigenvalue weighted by Gasteiger charge is 2.12. The molecule has 2 rings (SSSR count). The first-order valence-corrected chi connectivity index (χ1v) is 7.32. The van der Waals surface area contributed by atoms with Gasteiger partial charge in [0.2, 0.25) is 5.56 Å². The van der Waals surface area contributed by atoms with Gasteiger partial charge in [-0.25, -0.2) is 0 Å². The third-order valence-corrected chi connectivity index (χ3v) is 3.68. The lowest BCUT2D eigenvalue weighted by Crippen LogP contribution is -2.16. The van der Waals surface area contributed by atoms with Crippen LogP contribution in [0.2, 0.25) is 0 Å². The van der Waals surface area contributed by atoms with Crippen LogP contribution in [0.5, 0.6) is 0 Å². The van der Waals surface area contributed by atoms with Gasteiger partial charge in [-0.15, -0.1) is 11.8 Å². The smallest absolute Gasteiger partial charge is 0.258 e. The molecule has 104 valence electrons. The van der Waals surface area contributed by atoms with Crippen LogP contribution in [-0.4, -0.2) is 16.6 Å². The van der Waals surface area contributed by atoms with Gasteiger partial charge in [0.25, 0.3) is 5.91 Å². The molecule has 1 aromatic carbocycles. The van der Waals surface area contributed by atoms with Gasteiger partial charge in [0.15, 0.2) is 0 Å². The molecule has 1 amide bonds. The normalized spacial score (nSPS) is 10.3. The molecule has 4 nitrogen and oxygen atoms in total. The SMILES string of the molecule is CCSc1cc(=O)[nH]cc1C(=O)Nc1ccc(C)cc1. The van der Waals surface area contributed by atoms with Crippen molar-refractivity contribution in [2.45, 2.75) is 18.7 Å². The van der Waals surface area contributed by atoms with E-state index >= 15 is 0 Å². The maximum absolute atomic E-state index is 12.3. The van der Waals surface area contributed by atoms with E-state index in [0.717, 1.165) is 17.0 Å². The maximum atomic E-state index is 12.3. The number of thioether (sulfide) groups is 1. The lowest BCUT2D eigenvalue weighted by atomic mass is 10.2. The van der Waals surface area contributed by atoms with E-state index < -0.39 is 0 Å². The molecule has 0 saturated carbocycles. The summed E-state index contributed by atoms with van der Waals surface area (Å²) in [7, 11) is 0. The Bertz CT molecular complexity index is 662. The van der Waals surface area contributed by atoms with Gasteiger partial charge in [0.1, 0.15) is 0 Å². The lowest BCUT2D eigenvalue weighted by molar-refractivity contribution is 0.102. The molecular formula is C15H16N2O2S. The molecule has 0 spiro atoms. The van der Waals surface area contributed by atoms with E-state index in [4.69, 9.17) is 0 Å². The lowest BCUT2D eigenvalue weighted by Gasteiger charge is -2.09. The molecule has 1 heterocycles. The van der Waals surface area contributed by atoms with E-state index in [0.29, 0.717) is 10.5 Å². The number of carbonyl (C=O) groups excluding carboxylic acids is 1. The molecule has 0 aliphatic rings. The molecule has 0 aliphatic heterocycles. The number of nitrogens with one attached hydrogen (secondary N) is 2. The first kappa shape index (κ1) is 14.4. The number of aromatic nitrogens is 1. The zero-order valence-electron chi connectivity index (χ0n) is 11.4. The maximum Gasteiger partial charge on any atom is 0.258 e. The van der Waals surface area contributed by atoms with Crippen molar-refractivity contribution in [3.63, 3.8) is 0 Å². The predicted octanol–water partition coefficient (Wildman–Crippen LogP) is 3.05. The zero-order valence-corrected chi connectivity index (χ0v) is 12.2. The Morgan fingerprint density at radius 2 is 2.00 bits per heavy atom. The summed E-state index contributed by atoms with van der Waals surface area (Å²) in [6.07, 6.45) is 1.46. The number of pyridine rings is 1. The van der Waals surface area contributed by atoms with Gasteiger partial charge in [-0.2, -0.15) is 0 Å². The molecule has 5 heteroatoms. The molecule has 0 saturated heterocycles. The molecule has 0 aliphatic carbocycles. The highest BCUT2D eigenvalue weighted by atomic mass is 32.2. The van der Waals surface area contributed by atoms with Crippen molar-refractivity contribution in [1.29, 1.82) is 0 Å². The van der Waals surface area contributed by atoms with Gasteiger partial charge in [0.05, 0.1) is 5.56 Å². The minimum absolute atomic E-state index is 0.201. The van der Waals surface area contributed by atoms with E-state index in [1.54, 1.807) is 0 Å². The summed E-state index contributed by atoms with van der Waals surface area (Å²) in [5.41, 5.74) is 2.15. The Morgan fingerprint density at radius 1 is 1.30 bits per heavy atom. The van der Waals surface area contributed by atoms with Gasteiger partial charge in [0, 0.05) is 22.8 Å². The summed E-state index contributed by atoms with van der Waals surface area (Å²) >= 11 is 1.48. The van der Waals surface area contributed by atoms with Crippen LogP contribution in [-0.2, 0) is 0 Å². The highest BCUT2D eigenvalue weighted by molar-refractivity contribution is 7.99. The van der Waals surface area contributed by atoms with Crippen LogP contribution in [0.25, 0.3) is 0 Å². The average Bonchev–Trinajstić information content (AvgIpc) is 2.42.